The first-order chi connectivity index (χ1) is 14.7. The van der Waals surface area contributed by atoms with Gasteiger partial charge in [0.2, 0.25) is 11.1 Å². The fourth-order valence-electron chi connectivity index (χ4n) is 3.76. The molecule has 4 rings (SSSR count). The van der Waals surface area contributed by atoms with E-state index >= 15 is 0 Å². The number of tetrazole rings is 1. The number of halogens is 1. The monoisotopic (exact) mass is 445 g/mol. The van der Waals surface area contributed by atoms with E-state index in [4.69, 9.17) is 0 Å². The summed E-state index contributed by atoms with van der Waals surface area (Å²) in [5.74, 6) is 0.0898. The molecule has 1 aliphatic rings. The van der Waals surface area contributed by atoms with Gasteiger partial charge in [-0.25, -0.2) is 9.07 Å². The zero-order chi connectivity index (χ0) is 20.8. The second-order valence-electron chi connectivity index (χ2n) is 7.43. The largest absolute Gasteiger partial charge is 0.335 e. The highest BCUT2D eigenvalue weighted by atomic mass is 32.2. The maximum atomic E-state index is 13.3. The lowest BCUT2D eigenvalue weighted by Crippen LogP contribution is -2.42. The molecule has 158 valence electrons. The molecule has 9 heteroatoms. The maximum Gasteiger partial charge on any atom is 0.233 e. The van der Waals surface area contributed by atoms with Crippen molar-refractivity contribution in [2.24, 2.45) is 0 Å². The van der Waals surface area contributed by atoms with Gasteiger partial charge in [-0.2, -0.15) is 0 Å². The van der Waals surface area contributed by atoms with Crippen molar-refractivity contribution in [1.82, 2.24) is 25.1 Å². The van der Waals surface area contributed by atoms with Crippen LogP contribution in [0.3, 0.4) is 0 Å². The second-order valence-corrected chi connectivity index (χ2v) is 9.40. The summed E-state index contributed by atoms with van der Waals surface area (Å²) in [6, 6.07) is 10.7. The van der Waals surface area contributed by atoms with Crippen molar-refractivity contribution in [3.05, 3.63) is 58.0 Å². The minimum Gasteiger partial charge on any atom is -0.335 e. The van der Waals surface area contributed by atoms with Crippen molar-refractivity contribution in [2.75, 3.05) is 5.75 Å². The number of benzene rings is 1. The fraction of sp³-hybridized carbons (Fsp3) is 0.429. The lowest BCUT2D eigenvalue weighted by atomic mass is 9.94. The fourth-order valence-corrected chi connectivity index (χ4v) is 5.21. The Balaban J connectivity index is 1.42. The van der Waals surface area contributed by atoms with Gasteiger partial charge >= 0.3 is 0 Å². The quantitative estimate of drug-likeness (QED) is 0.482. The zero-order valence-electron chi connectivity index (χ0n) is 16.6. The Labute approximate surface area is 183 Å². The molecule has 0 saturated heterocycles. The SMILES string of the molecule is O=C(CSc1nnnn1Cc1cccs1)N(Cc1ccc(F)cc1)C1CCCCC1. The number of hydrogen-bond donors (Lipinski definition) is 0. The molecule has 1 aliphatic carbocycles. The van der Waals surface area contributed by atoms with Crippen molar-refractivity contribution >= 4 is 29.0 Å². The van der Waals surface area contributed by atoms with Crippen LogP contribution in [0.4, 0.5) is 4.39 Å². The van der Waals surface area contributed by atoms with Crippen molar-refractivity contribution in [3.8, 4) is 0 Å². The van der Waals surface area contributed by atoms with E-state index in [1.165, 1.54) is 30.3 Å². The maximum absolute atomic E-state index is 13.3. The average Bonchev–Trinajstić information content (AvgIpc) is 3.45. The number of carbonyl (C=O) groups is 1. The molecule has 0 atom stereocenters. The van der Waals surface area contributed by atoms with Crippen LogP contribution >= 0.6 is 23.1 Å². The third-order valence-corrected chi connectivity index (χ3v) is 7.11. The smallest absolute Gasteiger partial charge is 0.233 e. The standard InChI is InChI=1S/C21H24FN5OS2/c22-17-10-8-16(9-11-17)13-26(18-5-2-1-3-6-18)20(28)15-30-21-23-24-25-27(21)14-19-7-4-12-29-19/h4,7-12,18H,1-3,5-6,13-15H2. The Morgan fingerprint density at radius 3 is 2.73 bits per heavy atom. The Morgan fingerprint density at radius 2 is 2.00 bits per heavy atom. The second kappa shape index (κ2) is 10.2. The molecule has 6 nitrogen and oxygen atoms in total. The molecule has 2 heterocycles. The van der Waals surface area contributed by atoms with Crippen LogP contribution in [0, 0.1) is 5.82 Å². The van der Waals surface area contributed by atoms with Gasteiger partial charge in [0.25, 0.3) is 0 Å². The van der Waals surface area contributed by atoms with Crippen molar-refractivity contribution in [2.45, 2.75) is 56.4 Å². The summed E-state index contributed by atoms with van der Waals surface area (Å²) >= 11 is 3.02. The zero-order valence-corrected chi connectivity index (χ0v) is 18.2. The molecule has 0 aliphatic heterocycles. The summed E-state index contributed by atoms with van der Waals surface area (Å²) in [4.78, 5) is 16.3. The van der Waals surface area contributed by atoms with Gasteiger partial charge < -0.3 is 4.90 Å². The Morgan fingerprint density at radius 1 is 1.20 bits per heavy atom. The van der Waals surface area contributed by atoms with Crippen LogP contribution < -0.4 is 0 Å². The number of thioether (sulfide) groups is 1. The number of hydrogen-bond acceptors (Lipinski definition) is 6. The number of carbonyl (C=O) groups excluding carboxylic acids is 1. The van der Waals surface area contributed by atoms with Gasteiger partial charge in [0.1, 0.15) is 5.82 Å². The molecule has 0 unspecified atom stereocenters. The van der Waals surface area contributed by atoms with Crippen LogP contribution in [0.25, 0.3) is 0 Å². The van der Waals surface area contributed by atoms with Gasteiger partial charge in [0.15, 0.2) is 0 Å². The molecular weight excluding hydrogens is 421 g/mol. The predicted octanol–water partition coefficient (Wildman–Crippen LogP) is 4.38. The first-order valence-corrected chi connectivity index (χ1v) is 12.0. The lowest BCUT2D eigenvalue weighted by molar-refractivity contribution is -0.132. The molecule has 0 N–H and O–H groups in total. The highest BCUT2D eigenvalue weighted by molar-refractivity contribution is 7.99. The van der Waals surface area contributed by atoms with Crippen molar-refractivity contribution in [1.29, 1.82) is 0 Å². The number of rotatable bonds is 8. The highest BCUT2D eigenvalue weighted by Crippen LogP contribution is 2.26. The summed E-state index contributed by atoms with van der Waals surface area (Å²) < 4.78 is 15.0. The van der Waals surface area contributed by atoms with E-state index in [0.717, 1.165) is 36.1 Å². The van der Waals surface area contributed by atoms with Gasteiger partial charge in [-0.15, -0.1) is 16.4 Å². The van der Waals surface area contributed by atoms with E-state index in [0.29, 0.717) is 18.2 Å². The number of nitrogens with zero attached hydrogens (tertiary/aromatic N) is 5. The van der Waals surface area contributed by atoms with Crippen LogP contribution in [0.15, 0.2) is 46.9 Å². The van der Waals surface area contributed by atoms with Crippen LogP contribution in [0.1, 0.15) is 42.5 Å². The molecule has 2 aromatic heterocycles. The van der Waals surface area contributed by atoms with Gasteiger partial charge in [-0.05, 0) is 52.4 Å². The molecule has 0 spiro atoms. The number of amides is 1. The summed E-state index contributed by atoms with van der Waals surface area (Å²) in [6.07, 6.45) is 5.55. The molecular formula is C21H24FN5OS2. The van der Waals surface area contributed by atoms with Gasteiger partial charge in [-0.1, -0.05) is 49.2 Å². The van der Waals surface area contributed by atoms with Gasteiger partial charge in [0.05, 0.1) is 12.3 Å². The summed E-state index contributed by atoms with van der Waals surface area (Å²) in [5.41, 5.74) is 0.947. The van der Waals surface area contributed by atoms with Crippen LogP contribution in [-0.4, -0.2) is 42.8 Å². The predicted molar refractivity (Wildman–Crippen MR) is 116 cm³/mol. The summed E-state index contributed by atoms with van der Waals surface area (Å²) in [7, 11) is 0. The third-order valence-electron chi connectivity index (χ3n) is 5.31. The van der Waals surface area contributed by atoms with E-state index < -0.39 is 0 Å². The van der Waals surface area contributed by atoms with Crippen molar-refractivity contribution < 1.29 is 9.18 Å². The summed E-state index contributed by atoms with van der Waals surface area (Å²) in [5, 5.41) is 14.6. The first-order valence-electron chi connectivity index (χ1n) is 10.1. The minimum atomic E-state index is -0.262. The number of aromatic nitrogens is 4. The van der Waals surface area contributed by atoms with Crippen LogP contribution in [-0.2, 0) is 17.9 Å². The topological polar surface area (TPSA) is 63.9 Å². The average molecular weight is 446 g/mol. The molecule has 1 saturated carbocycles. The Kier molecular flexibility index (Phi) is 7.11. The number of thiophene rings is 1. The van der Waals surface area contributed by atoms with E-state index in [-0.39, 0.29) is 23.5 Å². The van der Waals surface area contributed by atoms with Gasteiger partial charge in [0, 0.05) is 17.5 Å². The van der Waals surface area contributed by atoms with Crippen LogP contribution in [0.2, 0.25) is 0 Å². The molecule has 1 amide bonds. The third kappa shape index (κ3) is 5.46. The van der Waals surface area contributed by atoms with E-state index in [2.05, 4.69) is 15.5 Å². The van der Waals surface area contributed by atoms with Crippen LogP contribution in [0.5, 0.6) is 0 Å². The molecule has 3 aromatic rings. The van der Waals surface area contributed by atoms with E-state index in [9.17, 15) is 9.18 Å². The lowest BCUT2D eigenvalue weighted by Gasteiger charge is -2.34. The Bertz CT molecular complexity index is 939. The Hall–Kier alpha value is -2.26. The first kappa shape index (κ1) is 21.0. The molecule has 0 radical (unpaired) electrons. The molecule has 1 aromatic carbocycles. The molecule has 1 fully saturated rings. The normalized spacial score (nSPS) is 14.7. The molecule has 0 bridgehead atoms. The minimum absolute atomic E-state index is 0.0712. The van der Waals surface area contributed by atoms with Gasteiger partial charge in [-0.3, -0.25) is 4.79 Å². The summed E-state index contributed by atoms with van der Waals surface area (Å²) in [6.45, 7) is 1.10. The van der Waals surface area contributed by atoms with Crippen molar-refractivity contribution in [3.63, 3.8) is 0 Å². The van der Waals surface area contributed by atoms with E-state index in [1.54, 1.807) is 28.2 Å². The molecule has 30 heavy (non-hydrogen) atoms. The highest BCUT2D eigenvalue weighted by Gasteiger charge is 2.26. The van der Waals surface area contributed by atoms with E-state index in [1.807, 2.05) is 22.4 Å².